The van der Waals surface area contributed by atoms with Crippen molar-refractivity contribution >= 4 is 25.7 Å². The molecule has 0 radical (unpaired) electrons. The van der Waals surface area contributed by atoms with Crippen molar-refractivity contribution < 1.29 is 52.2 Å². The zero-order chi connectivity index (χ0) is 56.9. The molecule has 0 heterocycles. The van der Waals surface area contributed by atoms with E-state index in [1.807, 2.05) is 0 Å². The van der Waals surface area contributed by atoms with Gasteiger partial charge in [0.15, 0.2) is 6.10 Å². The Bertz CT molecular complexity index is 1630. The predicted octanol–water partition coefficient (Wildman–Crippen LogP) is 19.0. The molecule has 0 aromatic rings. The van der Waals surface area contributed by atoms with Gasteiger partial charge in [-0.05, 0) is 116 Å². The molecule has 0 aromatic carbocycles. The maximum absolute atomic E-state index is 12.9. The van der Waals surface area contributed by atoms with Crippen LogP contribution in [-0.4, -0.2) is 66.5 Å². The Morgan fingerprint density at radius 1 is 0.372 bits per heavy atom. The molecule has 0 aliphatic rings. The second kappa shape index (κ2) is 59.8. The average molecular weight is 1120 g/mol. The van der Waals surface area contributed by atoms with Crippen LogP contribution < -0.4 is 0 Å². The minimum atomic E-state index is -4.77. The summed E-state index contributed by atoms with van der Waals surface area (Å²) in [5.74, 6) is -1.51. The summed E-state index contributed by atoms with van der Waals surface area (Å²) in [5, 5.41) is 9.85. The van der Waals surface area contributed by atoms with E-state index in [1.54, 1.807) is 0 Å². The van der Waals surface area contributed by atoms with Gasteiger partial charge in [0.25, 0.3) is 0 Å². The maximum atomic E-state index is 12.9. The second-order valence-corrected chi connectivity index (χ2v) is 22.3. The van der Waals surface area contributed by atoms with Crippen molar-refractivity contribution in [3.8, 4) is 0 Å². The third-order valence-corrected chi connectivity index (χ3v) is 14.2. The van der Waals surface area contributed by atoms with Gasteiger partial charge in [-0.3, -0.25) is 23.4 Å². The quantitative estimate of drug-likeness (QED) is 0.0197. The Morgan fingerprint density at radius 2 is 0.667 bits per heavy atom. The van der Waals surface area contributed by atoms with Crippen molar-refractivity contribution in [2.75, 3.05) is 26.4 Å². The topological polar surface area (TPSA) is 155 Å². The fourth-order valence-corrected chi connectivity index (χ4v) is 9.27. The largest absolute Gasteiger partial charge is 0.472 e. The highest BCUT2D eigenvalue weighted by atomic mass is 31.2. The van der Waals surface area contributed by atoms with Gasteiger partial charge in [0.1, 0.15) is 12.7 Å². The van der Waals surface area contributed by atoms with Crippen molar-refractivity contribution in [1.29, 1.82) is 0 Å². The number of ether oxygens (including phenoxy) is 3. The third kappa shape index (κ3) is 57.3. The van der Waals surface area contributed by atoms with E-state index >= 15 is 0 Å². The van der Waals surface area contributed by atoms with Gasteiger partial charge in [-0.1, -0.05) is 228 Å². The van der Waals surface area contributed by atoms with Crippen LogP contribution in [0.1, 0.15) is 278 Å². The predicted molar refractivity (Wildman–Crippen MR) is 325 cm³/mol. The molecule has 0 rings (SSSR count). The molecule has 0 saturated heterocycles. The molecule has 12 heteroatoms. The van der Waals surface area contributed by atoms with Crippen molar-refractivity contribution in [1.82, 2.24) is 0 Å². The summed E-state index contributed by atoms with van der Waals surface area (Å²) in [6.07, 6.45) is 69.7. The lowest BCUT2D eigenvalue weighted by Crippen LogP contribution is -2.30. The molecule has 78 heavy (non-hydrogen) atoms. The number of esters is 3. The summed E-state index contributed by atoms with van der Waals surface area (Å²) in [6, 6.07) is 0. The molecule has 0 aliphatic carbocycles. The lowest BCUT2D eigenvalue weighted by molar-refractivity contribution is -0.161. The summed E-state index contributed by atoms with van der Waals surface area (Å²) >= 11 is 0. The van der Waals surface area contributed by atoms with Gasteiger partial charge >= 0.3 is 25.7 Å². The zero-order valence-electron chi connectivity index (χ0n) is 49.9. The number of phosphoric ester groups is 1. The van der Waals surface area contributed by atoms with Crippen LogP contribution in [0.3, 0.4) is 0 Å². The van der Waals surface area contributed by atoms with E-state index in [4.69, 9.17) is 23.3 Å². The lowest BCUT2D eigenvalue weighted by atomic mass is 10.1. The Labute approximate surface area is 477 Å². The van der Waals surface area contributed by atoms with E-state index in [9.17, 15) is 28.9 Å². The highest BCUT2D eigenvalue weighted by Gasteiger charge is 2.28. The van der Waals surface area contributed by atoms with Gasteiger partial charge in [0, 0.05) is 19.3 Å². The van der Waals surface area contributed by atoms with E-state index < -0.39 is 57.8 Å². The summed E-state index contributed by atoms with van der Waals surface area (Å²) < 4.78 is 39.6. The molecule has 0 bridgehead atoms. The Balaban J connectivity index is 4.69. The lowest BCUT2D eigenvalue weighted by Gasteiger charge is -2.21. The number of aliphatic hydroxyl groups is 1. The fraction of sp³-hybridized carbons (Fsp3) is 0.742. The van der Waals surface area contributed by atoms with Crippen LogP contribution in [0.2, 0.25) is 0 Å². The van der Waals surface area contributed by atoms with Gasteiger partial charge in [-0.2, -0.15) is 0 Å². The van der Waals surface area contributed by atoms with Crippen molar-refractivity contribution in [3.63, 3.8) is 0 Å². The number of aliphatic hydroxyl groups excluding tert-OH is 1. The van der Waals surface area contributed by atoms with Gasteiger partial charge in [0.2, 0.25) is 0 Å². The van der Waals surface area contributed by atoms with Crippen LogP contribution >= 0.6 is 7.82 Å². The van der Waals surface area contributed by atoms with E-state index in [-0.39, 0.29) is 25.9 Å². The van der Waals surface area contributed by atoms with Crippen molar-refractivity contribution in [2.24, 2.45) is 0 Å². The van der Waals surface area contributed by atoms with Gasteiger partial charge < -0.3 is 24.2 Å². The average Bonchev–Trinajstić information content (AvgIpc) is 3.43. The first-order valence-electron chi connectivity index (χ1n) is 31.5. The maximum Gasteiger partial charge on any atom is 0.472 e. The Hall–Kier alpha value is -3.34. The fourth-order valence-electron chi connectivity index (χ4n) is 8.49. The van der Waals surface area contributed by atoms with E-state index in [2.05, 4.69) is 106 Å². The SMILES string of the molecule is CC/C=C\C/C=C\C/C=C\CCCCCC(=O)OCC(COP(=O)(O)OCC(CO)OC(=O)CCCCCCCCCCC/C=C\CCCCCCCC)OC(=O)CCCCCCCC/C=C\C/C=C\C/C=C\CCCCC. The molecule has 3 atom stereocenters. The molecule has 450 valence electrons. The number of allylic oxidation sites excluding steroid dienone is 14. The molecule has 0 spiro atoms. The van der Waals surface area contributed by atoms with Crippen LogP contribution in [0.5, 0.6) is 0 Å². The minimum Gasteiger partial charge on any atom is -0.462 e. The number of hydrogen-bond acceptors (Lipinski definition) is 10. The van der Waals surface area contributed by atoms with Crippen molar-refractivity contribution in [3.05, 3.63) is 85.1 Å². The summed E-state index contributed by atoms with van der Waals surface area (Å²) in [7, 11) is -4.77. The zero-order valence-corrected chi connectivity index (χ0v) is 50.8. The Kier molecular flexibility index (Phi) is 57.2. The molecule has 0 fully saturated rings. The third-order valence-electron chi connectivity index (χ3n) is 13.3. The van der Waals surface area contributed by atoms with Gasteiger partial charge in [-0.15, -0.1) is 0 Å². The number of hydrogen-bond donors (Lipinski definition) is 2. The normalized spacial score (nSPS) is 13.9. The number of unbranched alkanes of at least 4 members (excludes halogenated alkanes) is 27. The van der Waals surface area contributed by atoms with Gasteiger partial charge in [0.05, 0.1) is 19.8 Å². The highest BCUT2D eigenvalue weighted by Crippen LogP contribution is 2.43. The first-order chi connectivity index (χ1) is 38.2. The highest BCUT2D eigenvalue weighted by molar-refractivity contribution is 7.47. The van der Waals surface area contributed by atoms with Crippen LogP contribution in [-0.2, 0) is 42.2 Å². The summed E-state index contributed by atoms with van der Waals surface area (Å²) in [6.45, 7) is 4.48. The van der Waals surface area contributed by atoms with Crippen molar-refractivity contribution in [2.45, 2.75) is 290 Å². The van der Waals surface area contributed by atoms with Crippen LogP contribution in [0.15, 0.2) is 85.1 Å². The molecule has 0 aliphatic heterocycles. The number of phosphoric acid groups is 1. The Morgan fingerprint density at radius 3 is 1.08 bits per heavy atom. The molecule has 2 N–H and O–H groups in total. The number of carbonyl (C=O) groups excluding carboxylic acids is 3. The van der Waals surface area contributed by atoms with Crippen LogP contribution in [0.25, 0.3) is 0 Å². The molecular formula is C66H115O11P. The molecule has 3 unspecified atom stereocenters. The van der Waals surface area contributed by atoms with E-state index in [1.165, 1.54) is 109 Å². The number of rotatable bonds is 58. The monoisotopic (exact) mass is 1110 g/mol. The van der Waals surface area contributed by atoms with Crippen LogP contribution in [0.4, 0.5) is 0 Å². The van der Waals surface area contributed by atoms with Gasteiger partial charge in [-0.25, -0.2) is 4.57 Å². The second-order valence-electron chi connectivity index (χ2n) is 20.8. The molecular weight excluding hydrogens is 1000 g/mol. The summed E-state index contributed by atoms with van der Waals surface area (Å²) in [5.41, 5.74) is 0. The first kappa shape index (κ1) is 74.7. The minimum absolute atomic E-state index is 0.144. The van der Waals surface area contributed by atoms with E-state index in [0.29, 0.717) is 19.3 Å². The molecule has 0 saturated carbocycles. The van der Waals surface area contributed by atoms with Crippen LogP contribution in [0, 0.1) is 0 Å². The number of carbonyl (C=O) groups is 3. The standard InChI is InChI=1S/C66H115O11P/c1-4-7-10-13-16-19-22-25-27-29-31-33-35-38-41-44-47-50-53-56-65(69)76-62(58-67)60-74-78(71,72)75-61-63(59-73-64(68)55-52-49-46-43-40-37-24-21-18-15-12-9-6-3)77-66(70)57-54-51-48-45-42-39-36-34-32-30-28-26-23-20-17-14-11-8-5-2/h9,12,17-18,20-21,25-28,32,34,37,40,62-63,67H,4-8,10-11,13-16,19,22-24,29-31,33,35-36,38-39,41-61H2,1-3H3,(H,71,72)/b12-9-,20-17-,21-18-,27-25-,28-26-,34-32-,40-37-. The molecule has 0 amide bonds. The molecule has 0 aromatic heterocycles. The van der Waals surface area contributed by atoms with E-state index in [0.717, 1.165) is 109 Å². The summed E-state index contributed by atoms with van der Waals surface area (Å²) in [4.78, 5) is 48.7. The molecule has 11 nitrogen and oxygen atoms in total. The first-order valence-corrected chi connectivity index (χ1v) is 33.0. The smallest absolute Gasteiger partial charge is 0.462 e.